The van der Waals surface area contributed by atoms with Crippen LogP contribution in [0.1, 0.15) is 69.2 Å². The van der Waals surface area contributed by atoms with E-state index in [1.54, 1.807) is 0 Å². The summed E-state index contributed by atoms with van der Waals surface area (Å²) in [5.41, 5.74) is 0. The molecule has 3 aliphatic rings. The summed E-state index contributed by atoms with van der Waals surface area (Å²) in [7, 11) is 0. The molecule has 0 aromatic heterocycles. The molecule has 15 atom stereocenters. The number of hydrogen-bond acceptors (Lipinski definition) is 25. The van der Waals surface area contributed by atoms with Crippen LogP contribution in [0, 0.1) is 0 Å². The van der Waals surface area contributed by atoms with Crippen molar-refractivity contribution >= 4 is 75.6 Å². The Kier molecular flexibility index (Phi) is 20.3. The third-order valence-corrected chi connectivity index (χ3v) is 9.55. The lowest BCUT2D eigenvalue weighted by Crippen LogP contribution is -2.68. The normalized spacial score (nSPS) is 32.3. The highest BCUT2D eigenvalue weighted by atomic mass is 79.9. The molecular formula is C38H51BrO25. The zero-order chi connectivity index (χ0) is 48.2. The molecule has 3 saturated heterocycles. The molecule has 0 aromatic carbocycles. The van der Waals surface area contributed by atoms with Gasteiger partial charge in [-0.2, -0.15) is 0 Å². The lowest BCUT2D eigenvalue weighted by molar-refractivity contribution is -0.372. The molecule has 0 bridgehead atoms. The number of hydrogen-bond donors (Lipinski definition) is 0. The molecule has 3 rings (SSSR count). The van der Waals surface area contributed by atoms with Gasteiger partial charge in [0.05, 0.1) is 0 Å². The Morgan fingerprint density at radius 2 is 0.578 bits per heavy atom. The summed E-state index contributed by atoms with van der Waals surface area (Å²) >= 11 is 3.24. The summed E-state index contributed by atoms with van der Waals surface area (Å²) in [5, 5.41) is -1.21. The van der Waals surface area contributed by atoms with Gasteiger partial charge in [0.15, 0.2) is 60.3 Å². The average Bonchev–Trinajstić information content (AvgIpc) is 3.15. The summed E-state index contributed by atoms with van der Waals surface area (Å²) in [5.74, 6) is -9.19. The van der Waals surface area contributed by atoms with Crippen molar-refractivity contribution < 1.29 is 119 Å². The largest absolute Gasteiger partial charge is 0.463 e. The summed E-state index contributed by atoms with van der Waals surface area (Å²) < 4.78 is 85.4. The predicted molar refractivity (Wildman–Crippen MR) is 203 cm³/mol. The van der Waals surface area contributed by atoms with E-state index < -0.39 is 170 Å². The van der Waals surface area contributed by atoms with E-state index >= 15 is 0 Å². The first-order chi connectivity index (χ1) is 29.9. The van der Waals surface area contributed by atoms with Crippen LogP contribution in [0.4, 0.5) is 0 Å². The van der Waals surface area contributed by atoms with Gasteiger partial charge in [0.2, 0.25) is 0 Å². The topological polar surface area (TPSA) is 309 Å². The zero-order valence-corrected chi connectivity index (χ0v) is 38.0. The molecule has 0 spiro atoms. The van der Waals surface area contributed by atoms with Crippen LogP contribution in [0.15, 0.2) is 0 Å². The van der Waals surface area contributed by atoms with Crippen molar-refractivity contribution in [2.24, 2.45) is 0 Å². The van der Waals surface area contributed by atoms with E-state index in [9.17, 15) is 47.9 Å². The van der Waals surface area contributed by atoms with E-state index in [4.69, 9.17) is 71.1 Å². The lowest BCUT2D eigenvalue weighted by Gasteiger charge is -2.50. The fourth-order valence-corrected chi connectivity index (χ4v) is 7.43. The van der Waals surface area contributed by atoms with Gasteiger partial charge in [0.25, 0.3) is 0 Å². The first-order valence-corrected chi connectivity index (χ1v) is 20.3. The van der Waals surface area contributed by atoms with Crippen LogP contribution in [-0.2, 0) is 119 Å². The highest BCUT2D eigenvalue weighted by Crippen LogP contribution is 2.38. The van der Waals surface area contributed by atoms with Gasteiger partial charge < -0.3 is 71.1 Å². The van der Waals surface area contributed by atoms with Crippen molar-refractivity contribution in [3.63, 3.8) is 0 Å². The van der Waals surface area contributed by atoms with Gasteiger partial charge in [-0.3, -0.25) is 47.9 Å². The van der Waals surface area contributed by atoms with Crippen LogP contribution in [0.5, 0.6) is 0 Å². The molecular weight excluding hydrogens is 936 g/mol. The monoisotopic (exact) mass is 986 g/mol. The maximum Gasteiger partial charge on any atom is 0.303 e. The summed E-state index contributed by atoms with van der Waals surface area (Å²) in [6.45, 7) is 8.15. The summed E-state index contributed by atoms with van der Waals surface area (Å²) in [6, 6.07) is 0. The number of ether oxygens (including phenoxy) is 15. The van der Waals surface area contributed by atoms with Crippen LogP contribution in [0.3, 0.4) is 0 Å². The summed E-state index contributed by atoms with van der Waals surface area (Å²) in [4.78, 5) is 124. The quantitative estimate of drug-likeness (QED) is 0.101. The van der Waals surface area contributed by atoms with Crippen molar-refractivity contribution in [2.45, 2.75) is 160 Å². The van der Waals surface area contributed by atoms with Crippen LogP contribution in [-0.4, -0.2) is 170 Å². The van der Waals surface area contributed by atoms with Crippen molar-refractivity contribution in [3.05, 3.63) is 0 Å². The summed E-state index contributed by atoms with van der Waals surface area (Å²) in [6.07, 6.45) is -24.0. The average molecular weight is 988 g/mol. The van der Waals surface area contributed by atoms with Gasteiger partial charge in [-0.25, -0.2) is 0 Å². The van der Waals surface area contributed by atoms with Crippen LogP contribution >= 0.6 is 15.9 Å². The molecule has 0 aliphatic carbocycles. The number of carbonyl (C=O) groups excluding carboxylic acids is 10. The van der Waals surface area contributed by atoms with E-state index in [0.717, 1.165) is 69.2 Å². The lowest BCUT2D eigenvalue weighted by atomic mass is 9.95. The third kappa shape index (κ3) is 15.9. The maximum absolute atomic E-state index is 12.9. The maximum atomic E-state index is 12.9. The highest BCUT2D eigenvalue weighted by Gasteiger charge is 2.59. The minimum Gasteiger partial charge on any atom is -0.463 e. The molecule has 0 unspecified atom stereocenters. The predicted octanol–water partition coefficient (Wildman–Crippen LogP) is -0.462. The number of rotatable bonds is 17. The van der Waals surface area contributed by atoms with Gasteiger partial charge in [0.1, 0.15) is 50.3 Å². The van der Waals surface area contributed by atoms with Gasteiger partial charge >= 0.3 is 59.7 Å². The molecule has 3 fully saturated rings. The van der Waals surface area contributed by atoms with Crippen LogP contribution in [0.25, 0.3) is 0 Å². The van der Waals surface area contributed by atoms with Crippen molar-refractivity contribution in [1.82, 2.24) is 0 Å². The highest BCUT2D eigenvalue weighted by molar-refractivity contribution is 9.09. The number of esters is 10. The Hall–Kier alpha value is -5.02. The number of alkyl halides is 1. The second kappa shape index (κ2) is 24.3. The number of carbonyl (C=O) groups is 10. The molecule has 0 radical (unpaired) electrons. The van der Waals surface area contributed by atoms with Crippen LogP contribution in [0.2, 0.25) is 0 Å². The zero-order valence-electron chi connectivity index (χ0n) is 36.4. The molecule has 0 N–H and O–H groups in total. The second-order valence-electron chi connectivity index (χ2n) is 14.2. The third-order valence-electron chi connectivity index (χ3n) is 8.81. The first kappa shape index (κ1) is 53.3. The Balaban J connectivity index is 2.28. The Morgan fingerprint density at radius 3 is 0.906 bits per heavy atom. The number of halogens is 1. The van der Waals surface area contributed by atoms with E-state index in [1.807, 2.05) is 0 Å². The molecule has 3 heterocycles. The Bertz CT molecular complexity index is 1740. The van der Waals surface area contributed by atoms with Gasteiger partial charge in [0, 0.05) is 69.2 Å². The molecule has 26 heteroatoms. The minimum absolute atomic E-state index is 0.573. The Morgan fingerprint density at radius 1 is 0.328 bits per heavy atom. The Labute approximate surface area is 373 Å². The fourth-order valence-electron chi connectivity index (χ4n) is 6.74. The van der Waals surface area contributed by atoms with Crippen molar-refractivity contribution in [2.75, 3.05) is 19.8 Å². The SMILES string of the molecule is CC(=O)OC[C@H]1O[C@@H](Br)[C@H](OC(C)=O)[C@@H](OC(C)=O)[C@@H]1O[C@@H]1O[C@H](COC(C)=O)[C@@H](O[C@@H]2O[C@H](COC(C)=O)[C@@H](OC(C)=O)[C@H](OC(C)=O)[C@H]2OC(C)=O)[C@H](OC(C)=O)[C@H]1OC(C)=O. The van der Waals surface area contributed by atoms with Crippen LogP contribution < -0.4 is 0 Å². The van der Waals surface area contributed by atoms with Gasteiger partial charge in [-0.15, -0.1) is 0 Å². The smallest absolute Gasteiger partial charge is 0.303 e. The molecule has 0 amide bonds. The fraction of sp³-hybridized carbons (Fsp3) is 0.737. The van der Waals surface area contributed by atoms with E-state index in [0.29, 0.717) is 0 Å². The van der Waals surface area contributed by atoms with E-state index in [1.165, 1.54) is 0 Å². The molecule has 3 aliphatic heterocycles. The standard InChI is InChI=1S/C38H51BrO25/c1-14(40)50-11-24-28(30(54-18(5)44)33(36(39)60-24)57-21(8)47)63-38-35(59-23(10)49)32(56-20(7)46)29(26(62-38)13-52-16(3)42)64-37-34(58-22(9)48)31(55-19(6)45)27(53-17(4)43)25(61-37)12-51-15(2)41/h24-38H,11-13H2,1-10H3/t24-,25-,26-,27-,28-,29-,30+,31+,32+,33-,34-,35-,36-,37+,38+/m1/s1. The second-order valence-corrected chi connectivity index (χ2v) is 15.1. The molecule has 0 saturated carbocycles. The molecule has 25 nitrogen and oxygen atoms in total. The minimum atomic E-state index is -1.96. The first-order valence-electron chi connectivity index (χ1n) is 19.4. The van der Waals surface area contributed by atoms with E-state index in [2.05, 4.69) is 15.9 Å². The van der Waals surface area contributed by atoms with Gasteiger partial charge in [-0.05, 0) is 0 Å². The van der Waals surface area contributed by atoms with E-state index in [-0.39, 0.29) is 0 Å². The van der Waals surface area contributed by atoms with Crippen molar-refractivity contribution in [1.29, 1.82) is 0 Å². The van der Waals surface area contributed by atoms with Crippen molar-refractivity contribution in [3.8, 4) is 0 Å². The van der Waals surface area contributed by atoms with Gasteiger partial charge in [-0.1, -0.05) is 15.9 Å². The molecule has 360 valence electrons. The molecule has 0 aromatic rings. The molecule has 64 heavy (non-hydrogen) atoms.